The number of amides is 1. The number of halogens is 3. The molecule has 1 aliphatic rings. The first kappa shape index (κ1) is 17.8. The smallest absolute Gasteiger partial charge is 0.235 e. The first-order chi connectivity index (χ1) is 11.8. The maximum absolute atomic E-state index is 13.8. The van der Waals surface area contributed by atoms with Gasteiger partial charge in [-0.15, -0.1) is 0 Å². The van der Waals surface area contributed by atoms with Gasteiger partial charge in [-0.25, -0.2) is 8.78 Å². The van der Waals surface area contributed by atoms with Gasteiger partial charge in [0.2, 0.25) is 5.91 Å². The molecule has 9 heteroatoms. The van der Waals surface area contributed by atoms with Crippen molar-refractivity contribution in [3.63, 3.8) is 0 Å². The number of carbonyl (C=O) groups excluding carboxylic acids is 1. The van der Waals surface area contributed by atoms with Crippen molar-refractivity contribution in [2.75, 3.05) is 18.9 Å². The minimum atomic E-state index is -0.842. The van der Waals surface area contributed by atoms with Crippen LogP contribution in [0.2, 0.25) is 5.15 Å². The molecule has 1 aromatic heterocycles. The van der Waals surface area contributed by atoms with Gasteiger partial charge in [0.25, 0.3) is 0 Å². The highest BCUT2D eigenvalue weighted by atomic mass is 35.5. The van der Waals surface area contributed by atoms with Crippen molar-refractivity contribution in [2.45, 2.75) is 5.92 Å². The van der Waals surface area contributed by atoms with Crippen LogP contribution >= 0.6 is 23.8 Å². The summed E-state index contributed by atoms with van der Waals surface area (Å²) in [6.07, 6.45) is 0. The number of carbonyl (C=O) groups is 1. The second kappa shape index (κ2) is 6.68. The monoisotopic (exact) mass is 384 g/mol. The highest BCUT2D eigenvalue weighted by Gasteiger charge is 2.43. The molecule has 2 aromatic rings. The van der Waals surface area contributed by atoms with Gasteiger partial charge >= 0.3 is 0 Å². The molecule has 1 aliphatic heterocycles. The lowest BCUT2D eigenvalue weighted by molar-refractivity contribution is -0.118. The molecule has 1 saturated heterocycles. The number of benzene rings is 1. The predicted octanol–water partition coefficient (Wildman–Crippen LogP) is 2.96. The van der Waals surface area contributed by atoms with Gasteiger partial charge in [0, 0.05) is 38.3 Å². The van der Waals surface area contributed by atoms with Gasteiger partial charge in [-0.3, -0.25) is 9.48 Å². The van der Waals surface area contributed by atoms with E-state index in [9.17, 15) is 13.6 Å². The van der Waals surface area contributed by atoms with Crippen molar-refractivity contribution in [1.82, 2.24) is 14.7 Å². The molecule has 0 saturated carbocycles. The van der Waals surface area contributed by atoms with Crippen molar-refractivity contribution in [3.05, 3.63) is 46.7 Å². The Balaban J connectivity index is 1.90. The quantitative estimate of drug-likeness (QED) is 0.827. The van der Waals surface area contributed by atoms with Crippen LogP contribution in [0.1, 0.15) is 11.6 Å². The summed E-state index contributed by atoms with van der Waals surface area (Å²) in [6, 6.07) is 4.66. The second-order valence-corrected chi connectivity index (χ2v) is 6.74. The van der Waals surface area contributed by atoms with Crippen LogP contribution in [-0.2, 0) is 11.8 Å². The number of likely N-dealkylation sites (tertiary alicyclic amines) is 1. The lowest BCUT2D eigenvalue weighted by Gasteiger charge is -2.18. The standard InChI is InChI=1S/C16H15ClF2N4OS/c1-22-7-9(12-6-13(17)21-23(12)2)14(16(22)25)15(24)20-11-4-3-8(18)5-10(11)19/h3-6,9,14H,7H2,1-2H3,(H,20,24)/t9-,14+/m1/s1. The van der Waals surface area contributed by atoms with E-state index in [1.54, 1.807) is 29.7 Å². The molecule has 0 unspecified atom stereocenters. The van der Waals surface area contributed by atoms with Crippen LogP contribution in [0.5, 0.6) is 0 Å². The van der Waals surface area contributed by atoms with E-state index >= 15 is 0 Å². The van der Waals surface area contributed by atoms with Crippen LogP contribution in [-0.4, -0.2) is 39.2 Å². The van der Waals surface area contributed by atoms with Crippen molar-refractivity contribution in [2.24, 2.45) is 13.0 Å². The number of thiocarbonyl (C=S) groups is 1. The molecule has 5 nitrogen and oxygen atoms in total. The summed E-state index contributed by atoms with van der Waals surface area (Å²) in [4.78, 5) is 15.0. The molecular weight excluding hydrogens is 370 g/mol. The zero-order chi connectivity index (χ0) is 18.3. The lowest BCUT2D eigenvalue weighted by Crippen LogP contribution is -2.32. The van der Waals surface area contributed by atoms with Crippen LogP contribution in [0, 0.1) is 17.6 Å². The van der Waals surface area contributed by atoms with Crippen LogP contribution in [0.15, 0.2) is 24.3 Å². The number of nitrogens with zero attached hydrogens (tertiary/aromatic N) is 3. The summed E-state index contributed by atoms with van der Waals surface area (Å²) < 4.78 is 28.5. The Morgan fingerprint density at radius 1 is 1.36 bits per heavy atom. The van der Waals surface area contributed by atoms with Crippen LogP contribution in [0.4, 0.5) is 14.5 Å². The van der Waals surface area contributed by atoms with Crippen molar-refractivity contribution >= 4 is 40.4 Å². The summed E-state index contributed by atoms with van der Waals surface area (Å²) in [5.41, 5.74) is 0.668. The Labute approximate surface area is 153 Å². The van der Waals surface area contributed by atoms with E-state index in [0.29, 0.717) is 22.8 Å². The van der Waals surface area contributed by atoms with E-state index in [4.69, 9.17) is 23.8 Å². The van der Waals surface area contributed by atoms with E-state index in [1.165, 1.54) is 6.07 Å². The fourth-order valence-corrected chi connectivity index (χ4v) is 3.62. The predicted molar refractivity (Wildman–Crippen MR) is 94.7 cm³/mol. The molecule has 132 valence electrons. The zero-order valence-corrected chi connectivity index (χ0v) is 15.0. The summed E-state index contributed by atoms with van der Waals surface area (Å²) in [7, 11) is 3.52. The van der Waals surface area contributed by atoms with Gasteiger partial charge in [-0.1, -0.05) is 23.8 Å². The van der Waals surface area contributed by atoms with Crippen LogP contribution in [0.3, 0.4) is 0 Å². The minimum Gasteiger partial charge on any atom is -0.368 e. The average molecular weight is 385 g/mol. The van der Waals surface area contributed by atoms with Gasteiger partial charge in [0.05, 0.1) is 16.6 Å². The van der Waals surface area contributed by atoms with E-state index in [0.717, 1.165) is 11.8 Å². The molecule has 0 spiro atoms. The maximum atomic E-state index is 13.8. The molecule has 0 radical (unpaired) electrons. The van der Waals surface area contributed by atoms with E-state index in [2.05, 4.69) is 10.4 Å². The fraction of sp³-hybridized carbons (Fsp3) is 0.312. The Kier molecular flexibility index (Phi) is 4.75. The summed E-state index contributed by atoms with van der Waals surface area (Å²) in [6.45, 7) is 0.513. The molecule has 25 heavy (non-hydrogen) atoms. The van der Waals surface area contributed by atoms with Crippen LogP contribution < -0.4 is 5.32 Å². The van der Waals surface area contributed by atoms with Gasteiger partial charge in [0.15, 0.2) is 5.15 Å². The first-order valence-corrected chi connectivity index (χ1v) is 8.27. The summed E-state index contributed by atoms with van der Waals surface area (Å²) >= 11 is 11.3. The lowest BCUT2D eigenvalue weighted by atomic mass is 9.91. The molecule has 2 atom stereocenters. The fourth-order valence-electron chi connectivity index (χ4n) is 3.05. The molecule has 1 fully saturated rings. The largest absolute Gasteiger partial charge is 0.368 e. The number of nitrogens with one attached hydrogen (secondary N) is 1. The summed E-state index contributed by atoms with van der Waals surface area (Å²) in [5.74, 6) is -2.97. The van der Waals surface area contributed by atoms with Gasteiger partial charge in [0.1, 0.15) is 11.6 Å². The number of anilines is 1. The summed E-state index contributed by atoms with van der Waals surface area (Å²) in [5, 5.41) is 6.91. The second-order valence-electron chi connectivity index (χ2n) is 5.93. The Bertz CT molecular complexity index is 857. The number of hydrogen-bond donors (Lipinski definition) is 1. The van der Waals surface area contributed by atoms with Crippen LogP contribution in [0.25, 0.3) is 0 Å². The molecule has 0 aliphatic carbocycles. The van der Waals surface area contributed by atoms with Gasteiger partial charge in [-0.2, -0.15) is 5.10 Å². The van der Waals surface area contributed by atoms with E-state index < -0.39 is 23.5 Å². The highest BCUT2D eigenvalue weighted by molar-refractivity contribution is 7.80. The average Bonchev–Trinajstić information content (AvgIpc) is 3.01. The Hall–Kier alpha value is -2.06. The molecule has 3 rings (SSSR count). The third-order valence-electron chi connectivity index (χ3n) is 4.25. The normalized spacial score (nSPS) is 20.2. The van der Waals surface area contributed by atoms with E-state index in [-0.39, 0.29) is 11.6 Å². The SMILES string of the molecule is CN1C[C@H](c2cc(Cl)nn2C)[C@@H](C(=O)Nc2ccc(F)cc2F)C1=S. The molecular formula is C16H15ClF2N4OS. The highest BCUT2D eigenvalue weighted by Crippen LogP contribution is 2.35. The van der Waals surface area contributed by atoms with Gasteiger partial charge in [-0.05, 0) is 18.2 Å². The Morgan fingerprint density at radius 2 is 2.08 bits per heavy atom. The zero-order valence-electron chi connectivity index (χ0n) is 13.5. The van der Waals surface area contributed by atoms with E-state index in [1.807, 2.05) is 0 Å². The van der Waals surface area contributed by atoms with Crippen molar-refractivity contribution in [3.8, 4) is 0 Å². The molecule has 2 heterocycles. The minimum absolute atomic E-state index is 0.0921. The molecule has 1 aromatic carbocycles. The maximum Gasteiger partial charge on any atom is 0.235 e. The molecule has 1 amide bonds. The van der Waals surface area contributed by atoms with Crippen molar-refractivity contribution < 1.29 is 13.6 Å². The molecule has 1 N–H and O–H groups in total. The number of aromatic nitrogens is 2. The third kappa shape index (κ3) is 3.36. The number of likely N-dealkylation sites (N-methyl/N-ethyl adjacent to an activating group) is 1. The van der Waals surface area contributed by atoms with Crippen molar-refractivity contribution in [1.29, 1.82) is 0 Å². The first-order valence-electron chi connectivity index (χ1n) is 7.48. The molecule has 0 bridgehead atoms. The third-order valence-corrected chi connectivity index (χ3v) is 5.00. The topological polar surface area (TPSA) is 50.2 Å². The number of rotatable bonds is 3. The number of aryl methyl sites for hydroxylation is 1. The van der Waals surface area contributed by atoms with Gasteiger partial charge < -0.3 is 10.2 Å². The number of hydrogen-bond acceptors (Lipinski definition) is 3. The Morgan fingerprint density at radius 3 is 2.68 bits per heavy atom.